The van der Waals surface area contributed by atoms with Crippen molar-refractivity contribution in [3.63, 3.8) is 0 Å². The van der Waals surface area contributed by atoms with Crippen LogP contribution >= 0.6 is 39.3 Å². The molecule has 2 rings (SSSR count). The summed E-state index contributed by atoms with van der Waals surface area (Å²) in [6.07, 6.45) is 1.72. The van der Waals surface area contributed by atoms with Gasteiger partial charge in [0.05, 0.1) is 6.20 Å². The summed E-state index contributed by atoms with van der Waals surface area (Å²) in [4.78, 5) is 32.5. The second kappa shape index (κ2) is 5.54. The molecule has 0 aliphatic carbocycles. The monoisotopic (exact) mass is 349 g/mol. The van der Waals surface area contributed by atoms with Crippen molar-refractivity contribution in [3.05, 3.63) is 16.0 Å². The number of nitrogens with zero attached hydrogens (tertiary/aromatic N) is 3. The van der Waals surface area contributed by atoms with Gasteiger partial charge in [-0.15, -0.1) is 0 Å². The van der Waals surface area contributed by atoms with Gasteiger partial charge in [0, 0.05) is 25.1 Å². The number of amides is 1. The smallest absolute Gasteiger partial charge is 0.229 e. The molecule has 0 spiro atoms. The van der Waals surface area contributed by atoms with Gasteiger partial charge in [0.2, 0.25) is 5.91 Å². The zero-order valence-corrected chi connectivity index (χ0v) is 12.5. The van der Waals surface area contributed by atoms with Crippen molar-refractivity contribution in [2.75, 3.05) is 11.4 Å². The molecule has 96 valence electrons. The Hall–Kier alpha value is -0.660. The fraction of sp³-hybridized carbons (Fsp3) is 0.400. The Morgan fingerprint density at radius 2 is 2.39 bits per heavy atom. The van der Waals surface area contributed by atoms with Crippen LogP contribution in [-0.2, 0) is 9.59 Å². The first-order valence-corrected chi connectivity index (χ1v) is 7.18. The van der Waals surface area contributed by atoms with Crippen molar-refractivity contribution < 1.29 is 9.59 Å². The Morgan fingerprint density at radius 3 is 3.00 bits per heavy atom. The van der Waals surface area contributed by atoms with E-state index in [1.165, 1.54) is 29.8 Å². The summed E-state index contributed by atoms with van der Waals surface area (Å²) in [5.74, 6) is 0.377. The third-order valence-corrected chi connectivity index (χ3v) is 4.06. The van der Waals surface area contributed by atoms with Gasteiger partial charge in [-0.1, -0.05) is 23.4 Å². The highest BCUT2D eigenvalue weighted by atomic mass is 79.9. The third kappa shape index (κ3) is 3.02. The summed E-state index contributed by atoms with van der Waals surface area (Å²) < 4.78 is 0.428. The van der Waals surface area contributed by atoms with Crippen LogP contribution in [0.3, 0.4) is 0 Å². The fourth-order valence-corrected chi connectivity index (χ4v) is 3.38. The van der Waals surface area contributed by atoms with Crippen molar-refractivity contribution in [1.82, 2.24) is 9.97 Å². The molecule has 1 aliphatic rings. The van der Waals surface area contributed by atoms with Crippen molar-refractivity contribution in [2.45, 2.75) is 18.6 Å². The number of hydrogen-bond donors (Lipinski definition) is 0. The predicted molar refractivity (Wildman–Crippen MR) is 73.8 cm³/mol. The van der Waals surface area contributed by atoms with E-state index in [-0.39, 0.29) is 21.4 Å². The molecule has 8 heteroatoms. The highest BCUT2D eigenvalue weighted by Crippen LogP contribution is 2.31. The molecule has 18 heavy (non-hydrogen) atoms. The number of carbonyl (C=O) groups is 2. The lowest BCUT2D eigenvalue weighted by Crippen LogP contribution is -2.26. The van der Waals surface area contributed by atoms with Gasteiger partial charge >= 0.3 is 0 Å². The van der Waals surface area contributed by atoms with Gasteiger partial charge < -0.3 is 0 Å². The number of rotatable bonds is 2. The van der Waals surface area contributed by atoms with E-state index in [2.05, 4.69) is 25.9 Å². The summed E-state index contributed by atoms with van der Waals surface area (Å²) in [6, 6.07) is 0. The molecule has 0 saturated carbocycles. The summed E-state index contributed by atoms with van der Waals surface area (Å²) >= 11 is 10.1. The number of thioether (sulfide) groups is 1. The van der Waals surface area contributed by atoms with Crippen LogP contribution < -0.4 is 4.90 Å². The molecular formula is C10H9BrClN3O2S. The zero-order valence-electron chi connectivity index (χ0n) is 9.39. The molecule has 1 unspecified atom stereocenters. The molecule has 0 N–H and O–H groups in total. The number of carbonyl (C=O) groups excluding carboxylic acids is 2. The molecule has 1 aromatic rings. The van der Waals surface area contributed by atoms with E-state index in [0.29, 0.717) is 23.4 Å². The number of anilines is 1. The van der Waals surface area contributed by atoms with Crippen LogP contribution in [0.25, 0.3) is 0 Å². The molecule has 1 amide bonds. The molecule has 1 aliphatic heterocycles. The molecule has 0 aromatic carbocycles. The lowest BCUT2D eigenvalue weighted by Gasteiger charge is -2.16. The van der Waals surface area contributed by atoms with Gasteiger partial charge in [0.15, 0.2) is 15.5 Å². The first kappa shape index (κ1) is 13.8. The third-order valence-electron chi connectivity index (χ3n) is 2.36. The Labute approximate surface area is 121 Å². The van der Waals surface area contributed by atoms with Gasteiger partial charge in [0.25, 0.3) is 0 Å². The molecule has 1 fully saturated rings. The van der Waals surface area contributed by atoms with Crippen LogP contribution in [0, 0.1) is 0 Å². The maximum absolute atomic E-state index is 11.9. The standard InChI is InChI=1S/C10H9BrClN3O2S/c1-5(16)18-6-2-8(17)15(4-6)10-9(11)14-7(12)3-13-10/h3,6H,2,4H2,1H3. The summed E-state index contributed by atoms with van der Waals surface area (Å²) in [7, 11) is 0. The molecule has 5 nitrogen and oxygen atoms in total. The largest absolute Gasteiger partial charge is 0.293 e. The van der Waals surface area contributed by atoms with Gasteiger partial charge in [-0.3, -0.25) is 14.5 Å². The van der Waals surface area contributed by atoms with Crippen LogP contribution in [0.15, 0.2) is 10.8 Å². The van der Waals surface area contributed by atoms with E-state index in [1.807, 2.05) is 0 Å². The summed E-state index contributed by atoms with van der Waals surface area (Å²) in [5, 5.41) is 0.238. The van der Waals surface area contributed by atoms with E-state index >= 15 is 0 Å². The summed E-state index contributed by atoms with van der Waals surface area (Å²) in [5.41, 5.74) is 0. The quantitative estimate of drug-likeness (QED) is 0.819. The fourth-order valence-electron chi connectivity index (χ4n) is 1.71. The topological polar surface area (TPSA) is 63.2 Å². The Morgan fingerprint density at radius 1 is 1.67 bits per heavy atom. The predicted octanol–water partition coefficient (Wildman–Crippen LogP) is 2.28. The normalized spacial score (nSPS) is 19.4. The minimum Gasteiger partial charge on any atom is -0.293 e. The minimum atomic E-state index is -0.0638. The van der Waals surface area contributed by atoms with Crippen molar-refractivity contribution in [1.29, 1.82) is 0 Å². The Balaban J connectivity index is 2.19. The lowest BCUT2D eigenvalue weighted by atomic mass is 10.4. The zero-order chi connectivity index (χ0) is 13.3. The highest BCUT2D eigenvalue weighted by molar-refractivity contribution is 9.10. The average Bonchev–Trinajstić information content (AvgIpc) is 2.58. The Kier molecular flexibility index (Phi) is 4.24. The van der Waals surface area contributed by atoms with Gasteiger partial charge in [-0.2, -0.15) is 0 Å². The Bertz CT molecular complexity index is 514. The molecule has 0 radical (unpaired) electrons. The second-order valence-electron chi connectivity index (χ2n) is 3.75. The van der Waals surface area contributed by atoms with Gasteiger partial charge in [-0.05, 0) is 15.9 Å². The number of halogens is 2. The van der Waals surface area contributed by atoms with Crippen LogP contribution in [0.1, 0.15) is 13.3 Å². The molecule has 1 aromatic heterocycles. The van der Waals surface area contributed by atoms with E-state index in [1.54, 1.807) is 0 Å². The van der Waals surface area contributed by atoms with Crippen molar-refractivity contribution >= 4 is 56.1 Å². The van der Waals surface area contributed by atoms with Crippen LogP contribution in [0.5, 0.6) is 0 Å². The maximum Gasteiger partial charge on any atom is 0.229 e. The molecule has 0 bridgehead atoms. The lowest BCUT2D eigenvalue weighted by molar-refractivity contribution is -0.117. The van der Waals surface area contributed by atoms with Gasteiger partial charge in [0.1, 0.15) is 5.15 Å². The van der Waals surface area contributed by atoms with Crippen molar-refractivity contribution in [3.8, 4) is 0 Å². The minimum absolute atomic E-state index is 0.0101. The first-order chi connectivity index (χ1) is 8.47. The molecular weight excluding hydrogens is 342 g/mol. The van der Waals surface area contributed by atoms with E-state index in [4.69, 9.17) is 11.6 Å². The second-order valence-corrected chi connectivity index (χ2v) is 6.36. The van der Waals surface area contributed by atoms with Crippen LogP contribution in [-0.4, -0.2) is 32.8 Å². The number of hydrogen-bond acceptors (Lipinski definition) is 5. The van der Waals surface area contributed by atoms with E-state index < -0.39 is 0 Å². The van der Waals surface area contributed by atoms with E-state index in [0.717, 1.165) is 0 Å². The van der Waals surface area contributed by atoms with E-state index in [9.17, 15) is 9.59 Å². The first-order valence-electron chi connectivity index (χ1n) is 5.13. The summed E-state index contributed by atoms with van der Waals surface area (Å²) in [6.45, 7) is 1.95. The van der Waals surface area contributed by atoms with Crippen LogP contribution in [0.2, 0.25) is 5.15 Å². The molecule has 2 heterocycles. The molecule has 1 saturated heterocycles. The highest BCUT2D eigenvalue weighted by Gasteiger charge is 2.33. The van der Waals surface area contributed by atoms with Crippen LogP contribution in [0.4, 0.5) is 5.82 Å². The molecule has 1 atom stereocenters. The van der Waals surface area contributed by atoms with Crippen molar-refractivity contribution in [2.24, 2.45) is 0 Å². The van der Waals surface area contributed by atoms with Gasteiger partial charge in [-0.25, -0.2) is 9.97 Å². The average molecular weight is 351 g/mol. The number of aromatic nitrogens is 2. The SMILES string of the molecule is CC(=O)SC1CC(=O)N(c2ncc(Cl)nc2Br)C1. The maximum atomic E-state index is 11.9.